The third-order valence-electron chi connectivity index (χ3n) is 4.49. The zero-order valence-corrected chi connectivity index (χ0v) is 15.6. The number of amides is 1. The number of esters is 1. The van der Waals surface area contributed by atoms with Crippen LogP contribution in [0.3, 0.4) is 0 Å². The molecule has 2 aromatic rings. The van der Waals surface area contributed by atoms with E-state index in [1.165, 1.54) is 0 Å². The van der Waals surface area contributed by atoms with Gasteiger partial charge in [0.25, 0.3) is 0 Å². The fourth-order valence-electron chi connectivity index (χ4n) is 3.01. The van der Waals surface area contributed by atoms with Gasteiger partial charge in [-0.15, -0.1) is 0 Å². The first kappa shape index (κ1) is 23.2. The Bertz CT molecular complexity index is 1140. The van der Waals surface area contributed by atoms with E-state index in [9.17, 15) is 44.7 Å². The number of benzene rings is 2. The molecule has 0 radical (unpaired) electrons. The van der Waals surface area contributed by atoms with Crippen molar-refractivity contribution < 1.29 is 58.6 Å². The lowest BCUT2D eigenvalue weighted by Gasteiger charge is -2.36. The van der Waals surface area contributed by atoms with Crippen molar-refractivity contribution in [2.24, 2.45) is 0 Å². The third-order valence-corrected chi connectivity index (χ3v) is 4.49. The maximum Gasteiger partial charge on any atom is 0.483 e. The molecule has 0 aliphatic carbocycles. The average Bonchev–Trinajstić information content (AvgIpc) is 2.73. The summed E-state index contributed by atoms with van der Waals surface area (Å²) < 4.78 is 135. The number of hydrogen-bond acceptors (Lipinski definition) is 4. The van der Waals surface area contributed by atoms with Crippen LogP contribution in [0.1, 0.15) is 6.92 Å². The Balaban J connectivity index is 2.41. The van der Waals surface area contributed by atoms with Crippen LogP contribution in [0.15, 0.2) is 6.07 Å². The predicted molar refractivity (Wildman–Crippen MR) is 86.1 cm³/mol. The first-order valence-electron chi connectivity index (χ1n) is 8.28. The molecule has 1 amide bonds. The molecular formula is C18H8F9NO4. The number of carbonyl (C=O) groups excluding carboxylic acids is 2. The van der Waals surface area contributed by atoms with Gasteiger partial charge in [-0.25, -0.2) is 35.5 Å². The molecule has 0 unspecified atom stereocenters. The van der Waals surface area contributed by atoms with Crippen LogP contribution >= 0.6 is 0 Å². The highest BCUT2D eigenvalue weighted by Crippen LogP contribution is 2.47. The molecular weight excluding hydrogens is 465 g/mol. The Morgan fingerprint density at radius 3 is 1.94 bits per heavy atom. The molecule has 0 fully saturated rings. The molecule has 1 heterocycles. The summed E-state index contributed by atoms with van der Waals surface area (Å²) >= 11 is 0. The van der Waals surface area contributed by atoms with Gasteiger partial charge in [0.15, 0.2) is 34.8 Å². The van der Waals surface area contributed by atoms with E-state index in [0.29, 0.717) is 0 Å². The zero-order valence-electron chi connectivity index (χ0n) is 15.6. The van der Waals surface area contributed by atoms with Gasteiger partial charge in [0.1, 0.15) is 17.5 Å². The van der Waals surface area contributed by atoms with Gasteiger partial charge >= 0.3 is 18.0 Å². The molecule has 0 bridgehead atoms. The molecule has 0 saturated heterocycles. The predicted octanol–water partition coefficient (Wildman–Crippen LogP) is 4.21. The zero-order chi connectivity index (χ0) is 24.3. The van der Waals surface area contributed by atoms with Gasteiger partial charge in [-0.2, -0.15) is 8.78 Å². The minimum atomic E-state index is -4.74. The van der Waals surface area contributed by atoms with Crippen LogP contribution in [-0.2, 0) is 14.3 Å². The topological polar surface area (TPSA) is 55.8 Å². The molecule has 14 heteroatoms. The second kappa shape index (κ2) is 7.60. The van der Waals surface area contributed by atoms with Crippen molar-refractivity contribution in [1.82, 2.24) is 0 Å². The van der Waals surface area contributed by atoms with Gasteiger partial charge in [0.05, 0.1) is 18.2 Å². The van der Waals surface area contributed by atoms with Crippen LogP contribution in [0.5, 0.6) is 5.75 Å². The lowest BCUT2D eigenvalue weighted by molar-refractivity contribution is -0.194. The molecule has 2 aromatic carbocycles. The third kappa shape index (κ3) is 3.20. The Kier molecular flexibility index (Phi) is 5.51. The van der Waals surface area contributed by atoms with Gasteiger partial charge in [0.2, 0.25) is 5.82 Å². The molecule has 5 nitrogen and oxygen atoms in total. The summed E-state index contributed by atoms with van der Waals surface area (Å²) in [5.74, 6) is -22.4. The van der Waals surface area contributed by atoms with Crippen LogP contribution < -0.4 is 9.64 Å². The van der Waals surface area contributed by atoms with Crippen LogP contribution in [0.25, 0.3) is 11.1 Å². The summed E-state index contributed by atoms with van der Waals surface area (Å²) in [6.45, 7) is 0.787. The summed E-state index contributed by atoms with van der Waals surface area (Å²) in [6.07, 6.45) is -4.74. The van der Waals surface area contributed by atoms with Crippen LogP contribution in [0.2, 0.25) is 0 Å². The fourth-order valence-corrected chi connectivity index (χ4v) is 3.01. The Morgan fingerprint density at radius 1 is 0.938 bits per heavy atom. The van der Waals surface area contributed by atoms with Crippen molar-refractivity contribution >= 4 is 17.6 Å². The summed E-state index contributed by atoms with van der Waals surface area (Å²) in [6, 6.07) is -2.08. The maximum atomic E-state index is 15.2. The monoisotopic (exact) mass is 473 g/mol. The van der Waals surface area contributed by atoms with Crippen LogP contribution in [0, 0.1) is 40.7 Å². The van der Waals surface area contributed by atoms with Crippen molar-refractivity contribution in [3.63, 3.8) is 0 Å². The number of anilines is 1. The van der Waals surface area contributed by atoms with E-state index in [0.717, 1.165) is 14.0 Å². The first-order chi connectivity index (χ1) is 14.8. The smallest absolute Gasteiger partial charge is 0.467 e. The number of nitrogens with zero attached hydrogens (tertiary/aromatic N) is 1. The lowest BCUT2D eigenvalue weighted by Crippen LogP contribution is -2.56. The molecule has 172 valence electrons. The second-order valence-electron chi connectivity index (χ2n) is 6.33. The highest BCUT2D eigenvalue weighted by atomic mass is 19.3. The number of alkyl halides is 2. The minimum Gasteiger partial charge on any atom is -0.467 e. The van der Waals surface area contributed by atoms with E-state index in [1.54, 1.807) is 0 Å². The van der Waals surface area contributed by atoms with Crippen molar-refractivity contribution in [3.8, 4) is 16.9 Å². The van der Waals surface area contributed by atoms with Crippen LogP contribution in [-0.4, -0.2) is 31.1 Å². The normalized spacial score (nSPS) is 15.8. The van der Waals surface area contributed by atoms with E-state index < -0.39 is 87.3 Å². The number of halogens is 9. The van der Waals surface area contributed by atoms with E-state index in [4.69, 9.17) is 0 Å². The largest absolute Gasteiger partial charge is 0.483 e. The van der Waals surface area contributed by atoms with E-state index in [2.05, 4.69) is 9.47 Å². The molecule has 1 atom stereocenters. The molecule has 0 spiro atoms. The second-order valence-corrected chi connectivity index (χ2v) is 6.33. The highest BCUT2D eigenvalue weighted by molar-refractivity contribution is 6.05. The number of carbonyl (C=O) groups is 2. The summed E-state index contributed by atoms with van der Waals surface area (Å²) in [4.78, 5) is 23.7. The van der Waals surface area contributed by atoms with Gasteiger partial charge in [-0.05, 0) is 6.92 Å². The number of methoxy groups -OCH3 is 1. The summed E-state index contributed by atoms with van der Waals surface area (Å²) in [7, 11) is 0.782. The van der Waals surface area contributed by atoms with E-state index >= 15 is 4.39 Å². The Morgan fingerprint density at radius 2 is 1.44 bits per heavy atom. The van der Waals surface area contributed by atoms with Gasteiger partial charge in [-0.1, -0.05) is 0 Å². The molecule has 0 aromatic heterocycles. The van der Waals surface area contributed by atoms with Gasteiger partial charge < -0.3 is 9.47 Å². The quantitative estimate of drug-likeness (QED) is 0.290. The molecule has 0 saturated carbocycles. The number of hydrogen-bond donors (Lipinski definition) is 0. The van der Waals surface area contributed by atoms with E-state index in [-0.39, 0.29) is 11.0 Å². The van der Waals surface area contributed by atoms with Crippen LogP contribution in [0.4, 0.5) is 45.2 Å². The molecule has 3 rings (SSSR count). The SMILES string of the molecule is COC(=O)[C@@H](C)N1C(=O)C(F)(F)Oc2cc(F)c(-c3c(F)c(F)c(F)c(F)c3F)c(F)c21. The van der Waals surface area contributed by atoms with Crippen molar-refractivity contribution in [3.05, 3.63) is 46.8 Å². The lowest BCUT2D eigenvalue weighted by atomic mass is 9.99. The number of fused-ring (bicyclic) bond motifs is 1. The molecule has 1 aliphatic heterocycles. The Labute approximate surface area is 171 Å². The Hall–Kier alpha value is -3.45. The minimum absolute atomic E-state index is 0.0663. The molecule has 0 N–H and O–H groups in total. The van der Waals surface area contributed by atoms with Crippen molar-refractivity contribution in [2.75, 3.05) is 12.0 Å². The molecule has 1 aliphatic rings. The number of ether oxygens (including phenoxy) is 2. The number of rotatable bonds is 3. The summed E-state index contributed by atoms with van der Waals surface area (Å²) in [5.41, 5.74) is -5.38. The average molecular weight is 473 g/mol. The summed E-state index contributed by atoms with van der Waals surface area (Å²) in [5, 5.41) is 0. The van der Waals surface area contributed by atoms with Crippen molar-refractivity contribution in [1.29, 1.82) is 0 Å². The standard InChI is InChI=1S/C18H8F9NO4/c1-4(16(29)31-2)28-15-6(32-18(26,27)17(28)30)3-5(19)7(11(15)22)8-9(20)12(23)14(25)13(24)10(8)21/h3-4H,1-2H3/t4-/m1/s1. The first-order valence-corrected chi connectivity index (χ1v) is 8.28. The van der Waals surface area contributed by atoms with E-state index in [1.807, 2.05) is 0 Å². The molecule has 32 heavy (non-hydrogen) atoms. The highest BCUT2D eigenvalue weighted by Gasteiger charge is 2.54. The maximum absolute atomic E-state index is 15.2. The fraction of sp³-hybridized carbons (Fsp3) is 0.222. The van der Waals surface area contributed by atoms with Gasteiger partial charge in [0, 0.05) is 6.07 Å². The van der Waals surface area contributed by atoms with Crippen molar-refractivity contribution in [2.45, 2.75) is 19.1 Å². The van der Waals surface area contributed by atoms with Gasteiger partial charge in [-0.3, -0.25) is 9.69 Å².